The zero-order valence-corrected chi connectivity index (χ0v) is 15.9. The van der Waals surface area contributed by atoms with Gasteiger partial charge in [-0.1, -0.05) is 28.1 Å². The summed E-state index contributed by atoms with van der Waals surface area (Å²) >= 11 is 3.33. The molecule has 0 heterocycles. The van der Waals surface area contributed by atoms with E-state index < -0.39 is 10.0 Å². The SMILES string of the molecule is COc1ccc(OC[C@H](C)NS(=O)(=O)Cc2ccc(Br)cc2)cc1. The number of rotatable bonds is 8. The zero-order valence-electron chi connectivity index (χ0n) is 13.5. The van der Waals surface area contributed by atoms with E-state index in [-0.39, 0.29) is 18.4 Å². The third kappa shape index (κ3) is 6.14. The fourth-order valence-electron chi connectivity index (χ4n) is 2.08. The van der Waals surface area contributed by atoms with Crippen molar-refractivity contribution in [3.8, 4) is 11.5 Å². The lowest BCUT2D eigenvalue weighted by Gasteiger charge is -2.15. The van der Waals surface area contributed by atoms with Gasteiger partial charge in [-0.15, -0.1) is 0 Å². The molecule has 0 saturated carbocycles. The Bertz CT molecular complexity index is 745. The van der Waals surface area contributed by atoms with Gasteiger partial charge in [0, 0.05) is 4.47 Å². The van der Waals surface area contributed by atoms with Gasteiger partial charge in [0.05, 0.1) is 18.9 Å². The Balaban J connectivity index is 1.85. The molecule has 0 fully saturated rings. The maximum Gasteiger partial charge on any atom is 0.216 e. The molecule has 0 radical (unpaired) electrons. The van der Waals surface area contributed by atoms with Crippen LogP contribution in [0.15, 0.2) is 53.0 Å². The van der Waals surface area contributed by atoms with Crippen molar-refractivity contribution in [2.75, 3.05) is 13.7 Å². The van der Waals surface area contributed by atoms with Crippen LogP contribution in [-0.4, -0.2) is 28.2 Å². The van der Waals surface area contributed by atoms with Crippen LogP contribution in [0.3, 0.4) is 0 Å². The largest absolute Gasteiger partial charge is 0.497 e. The predicted molar refractivity (Wildman–Crippen MR) is 97.9 cm³/mol. The summed E-state index contributed by atoms with van der Waals surface area (Å²) in [5, 5.41) is 0. The lowest BCUT2D eigenvalue weighted by atomic mass is 10.2. The molecule has 2 aromatic rings. The monoisotopic (exact) mass is 413 g/mol. The van der Waals surface area contributed by atoms with Crippen molar-refractivity contribution in [1.82, 2.24) is 4.72 Å². The predicted octanol–water partition coefficient (Wildman–Crippen LogP) is 3.34. The van der Waals surface area contributed by atoms with Crippen LogP contribution in [0.5, 0.6) is 11.5 Å². The standard InChI is InChI=1S/C17H20BrNO4S/c1-13(11-23-17-9-7-16(22-2)8-10-17)19-24(20,21)12-14-3-5-15(18)6-4-14/h3-10,13,19H,11-12H2,1-2H3/t13-/m0/s1. The minimum atomic E-state index is -3.43. The number of ether oxygens (including phenoxy) is 2. The highest BCUT2D eigenvalue weighted by atomic mass is 79.9. The Morgan fingerprint density at radius 3 is 2.21 bits per heavy atom. The second-order valence-electron chi connectivity index (χ2n) is 5.39. The molecule has 1 atom stereocenters. The molecule has 0 spiro atoms. The first kappa shape index (κ1) is 18.8. The maximum atomic E-state index is 12.2. The van der Waals surface area contributed by atoms with E-state index in [1.54, 1.807) is 50.4 Å². The van der Waals surface area contributed by atoms with Crippen molar-refractivity contribution in [2.24, 2.45) is 0 Å². The molecular weight excluding hydrogens is 394 g/mol. The number of sulfonamides is 1. The highest BCUT2D eigenvalue weighted by Crippen LogP contribution is 2.17. The smallest absolute Gasteiger partial charge is 0.216 e. The van der Waals surface area contributed by atoms with Crippen LogP contribution in [0.25, 0.3) is 0 Å². The van der Waals surface area contributed by atoms with Crippen LogP contribution >= 0.6 is 15.9 Å². The first-order valence-electron chi connectivity index (χ1n) is 7.39. The molecule has 0 amide bonds. The number of hydrogen-bond donors (Lipinski definition) is 1. The average molecular weight is 414 g/mol. The minimum Gasteiger partial charge on any atom is -0.497 e. The Hall–Kier alpha value is -1.57. The number of hydrogen-bond acceptors (Lipinski definition) is 4. The first-order valence-corrected chi connectivity index (χ1v) is 9.84. The van der Waals surface area contributed by atoms with E-state index in [0.29, 0.717) is 5.75 Å². The molecule has 2 rings (SSSR count). The van der Waals surface area contributed by atoms with E-state index in [2.05, 4.69) is 20.7 Å². The van der Waals surface area contributed by atoms with Gasteiger partial charge in [-0.05, 0) is 48.9 Å². The minimum absolute atomic E-state index is 0.0623. The lowest BCUT2D eigenvalue weighted by molar-refractivity contribution is 0.287. The maximum absolute atomic E-state index is 12.2. The fourth-order valence-corrected chi connectivity index (χ4v) is 3.74. The van der Waals surface area contributed by atoms with Gasteiger partial charge in [-0.2, -0.15) is 0 Å². The van der Waals surface area contributed by atoms with Crippen molar-refractivity contribution < 1.29 is 17.9 Å². The van der Waals surface area contributed by atoms with Crippen LogP contribution in [0, 0.1) is 0 Å². The van der Waals surface area contributed by atoms with Crippen molar-refractivity contribution in [1.29, 1.82) is 0 Å². The summed E-state index contributed by atoms with van der Waals surface area (Å²) in [5.74, 6) is 1.34. The summed E-state index contributed by atoms with van der Waals surface area (Å²) in [7, 11) is -1.83. The van der Waals surface area contributed by atoms with Gasteiger partial charge in [-0.25, -0.2) is 13.1 Å². The second-order valence-corrected chi connectivity index (χ2v) is 8.06. The second kappa shape index (κ2) is 8.50. The van der Waals surface area contributed by atoms with E-state index in [1.807, 2.05) is 12.1 Å². The zero-order chi connectivity index (χ0) is 17.6. The molecule has 5 nitrogen and oxygen atoms in total. The lowest BCUT2D eigenvalue weighted by Crippen LogP contribution is -2.37. The Labute approximate surface area is 151 Å². The van der Waals surface area contributed by atoms with E-state index in [4.69, 9.17) is 9.47 Å². The van der Waals surface area contributed by atoms with Crippen LogP contribution < -0.4 is 14.2 Å². The molecule has 0 saturated heterocycles. The van der Waals surface area contributed by atoms with Crippen molar-refractivity contribution in [3.63, 3.8) is 0 Å². The summed E-state index contributed by atoms with van der Waals surface area (Å²) < 4.78 is 38.6. The third-order valence-electron chi connectivity index (χ3n) is 3.21. The topological polar surface area (TPSA) is 64.6 Å². The molecule has 1 N–H and O–H groups in total. The molecule has 0 aliphatic rings. The molecular formula is C17H20BrNO4S. The normalized spacial score (nSPS) is 12.6. The van der Waals surface area contributed by atoms with Gasteiger partial charge in [-0.3, -0.25) is 0 Å². The fraction of sp³-hybridized carbons (Fsp3) is 0.294. The number of methoxy groups -OCH3 is 1. The molecule has 130 valence electrons. The summed E-state index contributed by atoms with van der Waals surface area (Å²) in [6.45, 7) is 2.01. The summed E-state index contributed by atoms with van der Waals surface area (Å²) in [4.78, 5) is 0. The quantitative estimate of drug-likeness (QED) is 0.720. The van der Waals surface area contributed by atoms with Crippen LogP contribution in [0.4, 0.5) is 0 Å². The molecule has 0 unspecified atom stereocenters. The first-order chi connectivity index (χ1) is 11.4. The molecule has 7 heteroatoms. The van der Waals surface area contributed by atoms with Crippen LogP contribution in [0.2, 0.25) is 0 Å². The Morgan fingerprint density at radius 2 is 1.62 bits per heavy atom. The van der Waals surface area contributed by atoms with Crippen molar-refractivity contribution in [3.05, 3.63) is 58.6 Å². The van der Waals surface area contributed by atoms with Gasteiger partial charge < -0.3 is 9.47 Å². The van der Waals surface area contributed by atoms with E-state index in [1.165, 1.54) is 0 Å². The van der Waals surface area contributed by atoms with Gasteiger partial charge >= 0.3 is 0 Å². The summed E-state index contributed by atoms with van der Waals surface area (Å²) in [6, 6.07) is 14.0. The molecule has 0 aromatic heterocycles. The molecule has 24 heavy (non-hydrogen) atoms. The van der Waals surface area contributed by atoms with Gasteiger partial charge in [0.25, 0.3) is 0 Å². The van der Waals surface area contributed by atoms with Crippen LogP contribution in [0.1, 0.15) is 12.5 Å². The molecule has 2 aromatic carbocycles. The van der Waals surface area contributed by atoms with E-state index in [0.717, 1.165) is 15.8 Å². The van der Waals surface area contributed by atoms with Gasteiger partial charge in [0.2, 0.25) is 10.0 Å². The Morgan fingerprint density at radius 1 is 1.04 bits per heavy atom. The molecule has 0 aliphatic heterocycles. The Kier molecular flexibility index (Phi) is 6.65. The van der Waals surface area contributed by atoms with Gasteiger partial charge in [0.1, 0.15) is 18.1 Å². The van der Waals surface area contributed by atoms with Crippen molar-refractivity contribution >= 4 is 26.0 Å². The highest BCUT2D eigenvalue weighted by Gasteiger charge is 2.16. The molecule has 0 bridgehead atoms. The third-order valence-corrected chi connectivity index (χ3v) is 5.21. The van der Waals surface area contributed by atoms with E-state index >= 15 is 0 Å². The summed E-state index contributed by atoms with van der Waals surface area (Å²) in [6.07, 6.45) is 0. The van der Waals surface area contributed by atoms with E-state index in [9.17, 15) is 8.42 Å². The molecule has 0 aliphatic carbocycles. The van der Waals surface area contributed by atoms with Crippen molar-refractivity contribution in [2.45, 2.75) is 18.7 Å². The van der Waals surface area contributed by atoms with Crippen LogP contribution in [-0.2, 0) is 15.8 Å². The number of benzene rings is 2. The van der Waals surface area contributed by atoms with Gasteiger partial charge in [0.15, 0.2) is 0 Å². The average Bonchev–Trinajstić information content (AvgIpc) is 2.55. The number of nitrogens with one attached hydrogen (secondary N) is 1. The number of halogens is 1. The summed E-state index contributed by atoms with van der Waals surface area (Å²) in [5.41, 5.74) is 0.731. The highest BCUT2D eigenvalue weighted by molar-refractivity contribution is 9.10.